The number of amides is 1. The molecule has 4 aromatic carbocycles. The number of nitrogens with zero attached hydrogens (tertiary/aromatic N) is 3. The Morgan fingerprint density at radius 2 is 1.32 bits per heavy atom. The molecule has 0 fully saturated rings. The fourth-order valence-electron chi connectivity index (χ4n) is 5.54. The highest BCUT2D eigenvalue weighted by Crippen LogP contribution is 2.36. The Kier molecular flexibility index (Phi) is 8.90. The Hall–Kier alpha value is -5.24. The van der Waals surface area contributed by atoms with E-state index in [-0.39, 0.29) is 5.69 Å². The molecule has 1 heterocycles. The van der Waals surface area contributed by atoms with Crippen LogP contribution in [-0.2, 0) is 23.2 Å². The number of ether oxygens (including phenoxy) is 1. The van der Waals surface area contributed by atoms with Crippen LogP contribution in [-0.4, -0.2) is 27.7 Å². The van der Waals surface area contributed by atoms with Crippen LogP contribution in [0.3, 0.4) is 0 Å². The lowest BCUT2D eigenvalue weighted by Gasteiger charge is -2.32. The molecule has 0 aliphatic rings. The van der Waals surface area contributed by atoms with E-state index in [1.807, 2.05) is 39.0 Å². The van der Waals surface area contributed by atoms with Crippen molar-refractivity contribution in [3.8, 4) is 0 Å². The smallest absolute Gasteiger partial charge is 0.407 e. The van der Waals surface area contributed by atoms with E-state index < -0.39 is 22.2 Å². The summed E-state index contributed by atoms with van der Waals surface area (Å²) < 4.78 is 9.83. The monoisotopic (exact) mass is 589 g/mol. The summed E-state index contributed by atoms with van der Waals surface area (Å²) in [6.07, 6.45) is 4.30. The molecule has 0 spiro atoms. The number of nitrogens with one attached hydrogen (secondary N) is 1. The average molecular weight is 590 g/mol. The number of nitro benzene ring substituents is 1. The topological polar surface area (TPSA) is 90.3 Å². The molecule has 0 aliphatic heterocycles. The van der Waals surface area contributed by atoms with Crippen molar-refractivity contribution >= 4 is 11.8 Å². The largest absolute Gasteiger partial charge is 0.444 e. The van der Waals surface area contributed by atoms with E-state index in [1.54, 1.807) is 12.1 Å². The Bertz CT molecular complexity index is 1600. The molecule has 5 aromatic rings. The van der Waals surface area contributed by atoms with Gasteiger partial charge >= 0.3 is 6.09 Å². The lowest BCUT2D eigenvalue weighted by atomic mass is 9.77. The Morgan fingerprint density at radius 3 is 1.77 bits per heavy atom. The van der Waals surface area contributed by atoms with Crippen LogP contribution in [0.4, 0.5) is 10.5 Å². The summed E-state index contributed by atoms with van der Waals surface area (Å²) in [5, 5.41) is 14.1. The second-order valence-electron chi connectivity index (χ2n) is 11.7. The lowest BCUT2D eigenvalue weighted by Crippen LogP contribution is -2.57. The lowest BCUT2D eigenvalue weighted by molar-refractivity contribution is -0.734. The van der Waals surface area contributed by atoms with Gasteiger partial charge in [0.25, 0.3) is 5.69 Å². The van der Waals surface area contributed by atoms with Gasteiger partial charge in [-0.1, -0.05) is 91.0 Å². The molecule has 224 valence electrons. The summed E-state index contributed by atoms with van der Waals surface area (Å²) in [7, 11) is 0. The molecule has 0 aliphatic carbocycles. The first-order valence-corrected chi connectivity index (χ1v) is 14.6. The molecule has 0 saturated carbocycles. The van der Waals surface area contributed by atoms with Gasteiger partial charge in [0.1, 0.15) is 24.0 Å². The summed E-state index contributed by atoms with van der Waals surface area (Å²) in [6.45, 7) is 6.36. The molecule has 8 nitrogen and oxygen atoms in total. The van der Waals surface area contributed by atoms with Crippen molar-refractivity contribution < 1.29 is 19.0 Å². The first-order valence-electron chi connectivity index (χ1n) is 14.6. The van der Waals surface area contributed by atoms with Crippen molar-refractivity contribution in [3.05, 3.63) is 166 Å². The van der Waals surface area contributed by atoms with Gasteiger partial charge in [0.15, 0.2) is 5.54 Å². The van der Waals surface area contributed by atoms with E-state index in [0.29, 0.717) is 19.5 Å². The van der Waals surface area contributed by atoms with Crippen LogP contribution in [0.25, 0.3) is 0 Å². The molecule has 0 saturated heterocycles. The highest BCUT2D eigenvalue weighted by atomic mass is 16.6. The van der Waals surface area contributed by atoms with Crippen molar-refractivity contribution in [2.75, 3.05) is 6.54 Å². The first kappa shape index (κ1) is 30.2. The van der Waals surface area contributed by atoms with Gasteiger partial charge in [-0.15, -0.1) is 0 Å². The normalized spacial score (nSPS) is 11.6. The van der Waals surface area contributed by atoms with Crippen molar-refractivity contribution in [2.24, 2.45) is 0 Å². The number of benzene rings is 4. The molecule has 8 heteroatoms. The van der Waals surface area contributed by atoms with Gasteiger partial charge in [-0.25, -0.2) is 13.9 Å². The standard InChI is InChI=1S/C36H36N4O4/c1-35(2,3)44-34(41)37-24-23-33-26-39(27-38(33)25-28-19-21-32(22-20-28)40(42)43)36(29-13-7-4-8-14-29,30-15-9-5-10-16-30)31-17-11-6-12-18-31/h4-22,26-27H,23-25H2,1-3H3/p+1. The molecule has 44 heavy (non-hydrogen) atoms. The predicted molar refractivity (Wildman–Crippen MR) is 169 cm³/mol. The maximum Gasteiger partial charge on any atom is 0.407 e. The third-order valence-electron chi connectivity index (χ3n) is 7.43. The van der Waals surface area contributed by atoms with E-state index >= 15 is 0 Å². The van der Waals surface area contributed by atoms with Crippen LogP contribution in [0.15, 0.2) is 128 Å². The van der Waals surface area contributed by atoms with E-state index in [2.05, 4.69) is 99.8 Å². The quantitative estimate of drug-likeness (QED) is 0.0856. The number of carbonyl (C=O) groups is 1. The second kappa shape index (κ2) is 13.0. The zero-order chi connectivity index (χ0) is 31.2. The fourth-order valence-corrected chi connectivity index (χ4v) is 5.54. The number of nitro groups is 1. The van der Waals surface area contributed by atoms with E-state index in [1.165, 1.54) is 12.1 Å². The fraction of sp³-hybridized carbons (Fsp3) is 0.222. The number of hydrogen-bond donors (Lipinski definition) is 1. The summed E-state index contributed by atoms with van der Waals surface area (Å²) >= 11 is 0. The van der Waals surface area contributed by atoms with E-state index in [4.69, 9.17) is 4.74 Å². The van der Waals surface area contributed by atoms with Gasteiger partial charge in [0, 0.05) is 41.8 Å². The molecule has 5 rings (SSSR count). The Labute approximate surface area is 257 Å². The number of aromatic nitrogens is 2. The van der Waals surface area contributed by atoms with Gasteiger partial charge < -0.3 is 10.1 Å². The molecule has 1 aromatic heterocycles. The molecule has 0 bridgehead atoms. The van der Waals surface area contributed by atoms with Gasteiger partial charge in [0.2, 0.25) is 6.33 Å². The number of imidazole rings is 1. The summed E-state index contributed by atoms with van der Waals surface area (Å²) in [4.78, 5) is 23.3. The van der Waals surface area contributed by atoms with Crippen LogP contribution < -0.4 is 9.88 Å². The molecule has 1 N–H and O–H groups in total. The highest BCUT2D eigenvalue weighted by Gasteiger charge is 2.43. The minimum absolute atomic E-state index is 0.0503. The van der Waals surface area contributed by atoms with Gasteiger partial charge in [-0.3, -0.25) is 10.1 Å². The average Bonchev–Trinajstić information content (AvgIpc) is 3.40. The zero-order valence-electron chi connectivity index (χ0n) is 25.2. The number of rotatable bonds is 10. The molecular weight excluding hydrogens is 552 g/mol. The molecule has 0 unspecified atom stereocenters. The Balaban J connectivity index is 1.63. The van der Waals surface area contributed by atoms with Crippen LogP contribution >= 0.6 is 0 Å². The molecule has 0 atom stereocenters. The number of alkyl carbamates (subject to hydrolysis) is 1. The zero-order valence-corrected chi connectivity index (χ0v) is 25.2. The highest BCUT2D eigenvalue weighted by molar-refractivity contribution is 5.67. The number of carbonyl (C=O) groups excluding carboxylic acids is 1. The van der Waals surface area contributed by atoms with Crippen LogP contribution in [0.1, 0.15) is 48.7 Å². The van der Waals surface area contributed by atoms with E-state index in [9.17, 15) is 14.9 Å². The predicted octanol–water partition coefficient (Wildman–Crippen LogP) is 6.64. The first-order chi connectivity index (χ1) is 21.2. The SMILES string of the molecule is CC(C)(C)OC(=O)NCCc1c[n+](C(c2ccccc2)(c2ccccc2)c2ccccc2)cn1Cc1ccc([N+](=O)[O-])cc1. The van der Waals surface area contributed by atoms with Gasteiger partial charge in [0.05, 0.1) is 4.92 Å². The van der Waals surface area contributed by atoms with Crippen molar-refractivity contribution in [1.29, 1.82) is 0 Å². The number of hydrogen-bond acceptors (Lipinski definition) is 4. The number of non-ortho nitro benzene ring substituents is 1. The van der Waals surface area contributed by atoms with E-state index in [0.717, 1.165) is 27.9 Å². The maximum absolute atomic E-state index is 12.4. The van der Waals surface area contributed by atoms with Crippen molar-refractivity contribution in [2.45, 2.75) is 44.9 Å². The molecule has 0 radical (unpaired) electrons. The minimum Gasteiger partial charge on any atom is -0.444 e. The summed E-state index contributed by atoms with van der Waals surface area (Å²) in [5.74, 6) is 0. The van der Waals surface area contributed by atoms with Crippen molar-refractivity contribution in [3.63, 3.8) is 0 Å². The minimum atomic E-state index is -0.710. The maximum atomic E-state index is 12.4. The van der Waals surface area contributed by atoms with Crippen molar-refractivity contribution in [1.82, 2.24) is 9.88 Å². The third-order valence-corrected chi connectivity index (χ3v) is 7.43. The van der Waals surface area contributed by atoms with Crippen LogP contribution in [0.2, 0.25) is 0 Å². The Morgan fingerprint density at radius 1 is 0.818 bits per heavy atom. The van der Waals surface area contributed by atoms with Gasteiger partial charge in [-0.05, 0) is 38.5 Å². The van der Waals surface area contributed by atoms with Gasteiger partial charge in [-0.2, -0.15) is 0 Å². The third kappa shape index (κ3) is 6.70. The summed E-state index contributed by atoms with van der Waals surface area (Å²) in [5.41, 5.74) is 3.92. The van der Waals surface area contributed by atoms with Crippen LogP contribution in [0, 0.1) is 10.1 Å². The summed E-state index contributed by atoms with van der Waals surface area (Å²) in [6, 6.07) is 37.8. The molecule has 1 amide bonds. The second-order valence-corrected chi connectivity index (χ2v) is 11.7. The molecular formula is C36H37N4O4+. The van der Waals surface area contributed by atoms with Crippen LogP contribution in [0.5, 0.6) is 0 Å².